The second-order valence-electron chi connectivity index (χ2n) is 4.67. The summed E-state index contributed by atoms with van der Waals surface area (Å²) >= 11 is 4.49. The molecule has 0 aromatic carbocycles. The normalized spacial score (nSPS) is 28.2. The van der Waals surface area contributed by atoms with Gasteiger partial charge in [-0.3, -0.25) is 0 Å². The largest absolute Gasteiger partial charge is 0.381 e. The summed E-state index contributed by atoms with van der Waals surface area (Å²) in [5.74, 6) is 0. The highest BCUT2D eigenvalue weighted by molar-refractivity contribution is 7.84. The van der Waals surface area contributed by atoms with Gasteiger partial charge in [-0.15, -0.1) is 12.6 Å². The van der Waals surface area contributed by atoms with Crippen molar-refractivity contribution in [1.29, 1.82) is 0 Å². The standard InChI is InChI=1S/C13H20O2S/c1-9-7-12(8-10(2)13(9)16)15-11-3-5-14-6-4-11/h7,11-12,16H,3-6,8H2,1-2H3. The van der Waals surface area contributed by atoms with Crippen molar-refractivity contribution in [2.24, 2.45) is 0 Å². The van der Waals surface area contributed by atoms with E-state index >= 15 is 0 Å². The molecule has 1 fully saturated rings. The quantitative estimate of drug-likeness (QED) is 0.748. The van der Waals surface area contributed by atoms with Crippen LogP contribution in [-0.4, -0.2) is 25.4 Å². The molecule has 3 heteroatoms. The fraction of sp³-hybridized carbons (Fsp3) is 0.692. The lowest BCUT2D eigenvalue weighted by atomic mass is 9.98. The van der Waals surface area contributed by atoms with Crippen molar-refractivity contribution in [3.05, 3.63) is 22.1 Å². The molecule has 0 saturated carbocycles. The highest BCUT2D eigenvalue weighted by Crippen LogP contribution is 2.30. The minimum Gasteiger partial charge on any atom is -0.381 e. The van der Waals surface area contributed by atoms with Crippen molar-refractivity contribution in [3.8, 4) is 0 Å². The van der Waals surface area contributed by atoms with Crippen molar-refractivity contribution in [2.75, 3.05) is 13.2 Å². The van der Waals surface area contributed by atoms with Crippen LogP contribution in [0.15, 0.2) is 22.1 Å². The molecule has 1 unspecified atom stereocenters. The lowest BCUT2D eigenvalue weighted by Crippen LogP contribution is -2.28. The molecule has 0 aromatic heterocycles. The number of ether oxygens (including phenoxy) is 2. The van der Waals surface area contributed by atoms with Crippen LogP contribution in [0.3, 0.4) is 0 Å². The number of hydrogen-bond donors (Lipinski definition) is 1. The summed E-state index contributed by atoms with van der Waals surface area (Å²) in [6.45, 7) is 5.92. The van der Waals surface area contributed by atoms with Gasteiger partial charge in [0.05, 0.1) is 12.2 Å². The third kappa shape index (κ3) is 2.90. The van der Waals surface area contributed by atoms with E-state index in [-0.39, 0.29) is 6.10 Å². The maximum atomic E-state index is 6.10. The minimum atomic E-state index is 0.235. The number of rotatable bonds is 2. The highest BCUT2D eigenvalue weighted by atomic mass is 32.1. The fourth-order valence-electron chi connectivity index (χ4n) is 2.30. The molecular weight excluding hydrogens is 220 g/mol. The van der Waals surface area contributed by atoms with E-state index in [2.05, 4.69) is 32.6 Å². The average Bonchev–Trinajstić information content (AvgIpc) is 2.27. The third-order valence-electron chi connectivity index (χ3n) is 3.26. The van der Waals surface area contributed by atoms with Gasteiger partial charge in [-0.2, -0.15) is 0 Å². The van der Waals surface area contributed by atoms with E-state index < -0.39 is 0 Å². The first-order chi connectivity index (χ1) is 7.66. The first-order valence-electron chi connectivity index (χ1n) is 5.97. The maximum Gasteiger partial charge on any atom is 0.0803 e. The molecule has 0 spiro atoms. The zero-order valence-electron chi connectivity index (χ0n) is 10.0. The molecular formula is C13H20O2S. The van der Waals surface area contributed by atoms with E-state index in [1.54, 1.807) is 0 Å². The molecule has 1 atom stereocenters. The van der Waals surface area contributed by atoms with Gasteiger partial charge in [0.15, 0.2) is 0 Å². The van der Waals surface area contributed by atoms with Gasteiger partial charge in [0, 0.05) is 18.1 Å². The van der Waals surface area contributed by atoms with Gasteiger partial charge in [-0.05, 0) is 38.7 Å². The van der Waals surface area contributed by atoms with Gasteiger partial charge in [0.2, 0.25) is 0 Å². The first kappa shape index (κ1) is 12.2. The molecule has 0 radical (unpaired) electrons. The zero-order valence-corrected chi connectivity index (χ0v) is 10.9. The summed E-state index contributed by atoms with van der Waals surface area (Å²) in [6.07, 6.45) is 5.84. The molecule has 0 N–H and O–H groups in total. The van der Waals surface area contributed by atoms with Crippen LogP contribution in [0.2, 0.25) is 0 Å². The van der Waals surface area contributed by atoms with Crippen LogP contribution in [0.25, 0.3) is 0 Å². The lowest BCUT2D eigenvalue weighted by Gasteiger charge is -2.29. The van der Waals surface area contributed by atoms with Crippen LogP contribution in [0.5, 0.6) is 0 Å². The predicted octanol–water partition coefficient (Wildman–Crippen LogP) is 3.10. The highest BCUT2D eigenvalue weighted by Gasteiger charge is 2.21. The van der Waals surface area contributed by atoms with Crippen molar-refractivity contribution in [3.63, 3.8) is 0 Å². The van der Waals surface area contributed by atoms with Gasteiger partial charge in [0.1, 0.15) is 0 Å². The van der Waals surface area contributed by atoms with Crippen molar-refractivity contribution in [2.45, 2.75) is 45.3 Å². The topological polar surface area (TPSA) is 18.5 Å². The summed E-state index contributed by atoms with van der Waals surface area (Å²) in [4.78, 5) is 1.13. The van der Waals surface area contributed by atoms with E-state index in [1.807, 2.05) is 0 Å². The Hall–Kier alpha value is -0.250. The van der Waals surface area contributed by atoms with Crippen molar-refractivity contribution in [1.82, 2.24) is 0 Å². The van der Waals surface area contributed by atoms with Gasteiger partial charge < -0.3 is 9.47 Å². The van der Waals surface area contributed by atoms with E-state index in [0.717, 1.165) is 37.4 Å². The second-order valence-corrected chi connectivity index (χ2v) is 5.12. The number of hydrogen-bond acceptors (Lipinski definition) is 3. The molecule has 16 heavy (non-hydrogen) atoms. The van der Waals surface area contributed by atoms with Crippen LogP contribution in [0, 0.1) is 0 Å². The monoisotopic (exact) mass is 240 g/mol. The molecule has 1 aliphatic carbocycles. The second kappa shape index (κ2) is 5.39. The molecule has 2 aliphatic rings. The lowest BCUT2D eigenvalue weighted by molar-refractivity contribution is -0.0534. The summed E-state index contributed by atoms with van der Waals surface area (Å²) in [5.41, 5.74) is 2.57. The van der Waals surface area contributed by atoms with E-state index in [9.17, 15) is 0 Å². The Kier molecular flexibility index (Phi) is 4.11. The van der Waals surface area contributed by atoms with Crippen LogP contribution in [-0.2, 0) is 9.47 Å². The van der Waals surface area contributed by atoms with Crippen LogP contribution in [0.4, 0.5) is 0 Å². The van der Waals surface area contributed by atoms with Crippen LogP contribution in [0.1, 0.15) is 33.1 Å². The predicted molar refractivity (Wildman–Crippen MR) is 68.8 cm³/mol. The van der Waals surface area contributed by atoms with Gasteiger partial charge in [-0.1, -0.05) is 11.6 Å². The molecule has 2 rings (SSSR count). The summed E-state index contributed by atoms with van der Waals surface area (Å²) in [5, 5.41) is 0. The summed E-state index contributed by atoms with van der Waals surface area (Å²) in [6, 6.07) is 0. The Morgan fingerprint density at radius 3 is 2.62 bits per heavy atom. The maximum absolute atomic E-state index is 6.10. The average molecular weight is 240 g/mol. The number of allylic oxidation sites excluding steroid dienone is 1. The Morgan fingerprint density at radius 1 is 1.31 bits per heavy atom. The first-order valence-corrected chi connectivity index (χ1v) is 6.42. The van der Waals surface area contributed by atoms with Crippen LogP contribution < -0.4 is 0 Å². The smallest absolute Gasteiger partial charge is 0.0803 e. The van der Waals surface area contributed by atoms with Gasteiger partial charge >= 0.3 is 0 Å². The summed E-state index contributed by atoms with van der Waals surface area (Å²) < 4.78 is 11.4. The molecule has 0 bridgehead atoms. The van der Waals surface area contributed by atoms with E-state index in [1.165, 1.54) is 11.1 Å². The zero-order chi connectivity index (χ0) is 11.5. The van der Waals surface area contributed by atoms with Gasteiger partial charge in [-0.25, -0.2) is 0 Å². The minimum absolute atomic E-state index is 0.235. The fourth-order valence-corrected chi connectivity index (χ4v) is 2.46. The molecule has 1 aliphatic heterocycles. The third-order valence-corrected chi connectivity index (χ3v) is 3.99. The summed E-state index contributed by atoms with van der Waals surface area (Å²) in [7, 11) is 0. The van der Waals surface area contributed by atoms with E-state index in [4.69, 9.17) is 9.47 Å². The van der Waals surface area contributed by atoms with Crippen LogP contribution >= 0.6 is 12.6 Å². The Morgan fingerprint density at radius 2 is 2.00 bits per heavy atom. The van der Waals surface area contributed by atoms with Crippen molar-refractivity contribution < 1.29 is 9.47 Å². The Bertz CT molecular complexity index is 314. The van der Waals surface area contributed by atoms with Crippen molar-refractivity contribution >= 4 is 12.6 Å². The number of thiol groups is 1. The molecule has 1 heterocycles. The molecule has 1 saturated heterocycles. The molecule has 2 nitrogen and oxygen atoms in total. The SMILES string of the molecule is CC1=CC(OC2CCOCC2)CC(C)=C1S. The Labute approximate surface area is 103 Å². The molecule has 0 amide bonds. The Balaban J connectivity index is 1.92. The van der Waals surface area contributed by atoms with E-state index in [0.29, 0.717) is 6.10 Å². The molecule has 0 aromatic rings. The molecule has 90 valence electrons. The van der Waals surface area contributed by atoms with Gasteiger partial charge in [0.25, 0.3) is 0 Å².